The van der Waals surface area contributed by atoms with Crippen LogP contribution < -0.4 is 5.32 Å². The van der Waals surface area contributed by atoms with Gasteiger partial charge in [-0.25, -0.2) is 14.4 Å². The molecule has 0 aliphatic carbocycles. The van der Waals surface area contributed by atoms with Crippen LogP contribution in [0.15, 0.2) is 30.7 Å². The van der Waals surface area contributed by atoms with Gasteiger partial charge < -0.3 is 5.32 Å². The number of hydrogen-bond donors (Lipinski definition) is 1. The molecule has 0 spiro atoms. The molecule has 1 heterocycles. The second-order valence-electron chi connectivity index (χ2n) is 2.97. The van der Waals surface area contributed by atoms with E-state index in [9.17, 15) is 4.39 Å². The molecule has 0 bridgehead atoms. The van der Waals surface area contributed by atoms with Gasteiger partial charge >= 0.3 is 0 Å². The normalized spacial score (nSPS) is 10.2. The molecule has 6 heteroatoms. The number of aromatic nitrogens is 2. The Hall–Kier alpha value is -1.39. The summed E-state index contributed by atoms with van der Waals surface area (Å²) in [6.45, 7) is 0. The lowest BCUT2D eigenvalue weighted by molar-refractivity contribution is 0.619. The Bertz CT molecular complexity index is 519. The first kappa shape index (κ1) is 11.1. The molecule has 0 atom stereocenters. The summed E-state index contributed by atoms with van der Waals surface area (Å²) in [6, 6.07) is 4.88. The van der Waals surface area contributed by atoms with Crippen molar-refractivity contribution in [2.24, 2.45) is 0 Å². The third kappa shape index (κ3) is 2.40. The highest BCUT2D eigenvalue weighted by Gasteiger charge is 2.04. The third-order valence-electron chi connectivity index (χ3n) is 1.85. The molecule has 0 aliphatic heterocycles. The zero-order valence-electron chi connectivity index (χ0n) is 7.92. The van der Waals surface area contributed by atoms with E-state index in [1.54, 1.807) is 18.2 Å². The predicted octanol–water partition coefficient (Wildman–Crippen LogP) is 3.67. The van der Waals surface area contributed by atoms with Gasteiger partial charge in [0.05, 0.1) is 16.2 Å². The van der Waals surface area contributed by atoms with Crippen molar-refractivity contribution in [3.8, 4) is 0 Å². The zero-order valence-corrected chi connectivity index (χ0v) is 9.43. The van der Waals surface area contributed by atoms with Gasteiger partial charge in [-0.15, -0.1) is 0 Å². The summed E-state index contributed by atoms with van der Waals surface area (Å²) >= 11 is 11.6. The molecule has 82 valence electrons. The first-order chi connectivity index (χ1) is 7.66. The Morgan fingerprint density at radius 2 is 2.00 bits per heavy atom. The van der Waals surface area contributed by atoms with E-state index in [1.165, 1.54) is 6.33 Å². The van der Waals surface area contributed by atoms with Crippen LogP contribution in [0.25, 0.3) is 0 Å². The van der Waals surface area contributed by atoms with Gasteiger partial charge in [-0.1, -0.05) is 23.2 Å². The molecule has 0 radical (unpaired) electrons. The van der Waals surface area contributed by atoms with E-state index in [0.29, 0.717) is 15.7 Å². The second kappa shape index (κ2) is 4.63. The van der Waals surface area contributed by atoms with Gasteiger partial charge in [0.25, 0.3) is 0 Å². The van der Waals surface area contributed by atoms with Gasteiger partial charge in [-0.2, -0.15) is 0 Å². The lowest BCUT2D eigenvalue weighted by atomic mass is 10.3. The van der Waals surface area contributed by atoms with Crippen molar-refractivity contribution < 1.29 is 4.39 Å². The van der Waals surface area contributed by atoms with Crippen LogP contribution in [0.3, 0.4) is 0 Å². The maximum atomic E-state index is 13.2. The highest BCUT2D eigenvalue weighted by atomic mass is 35.5. The fourth-order valence-electron chi connectivity index (χ4n) is 1.12. The molecule has 0 fully saturated rings. The van der Waals surface area contributed by atoms with E-state index in [-0.39, 0.29) is 5.82 Å². The SMILES string of the molecule is Fc1cncnc1Nc1ccc(Cl)c(Cl)c1. The van der Waals surface area contributed by atoms with E-state index in [2.05, 4.69) is 15.3 Å². The highest BCUT2D eigenvalue weighted by Crippen LogP contribution is 2.26. The number of halogens is 3. The van der Waals surface area contributed by atoms with E-state index in [4.69, 9.17) is 23.2 Å². The van der Waals surface area contributed by atoms with Crippen LogP contribution in [-0.4, -0.2) is 9.97 Å². The first-order valence-electron chi connectivity index (χ1n) is 4.34. The Morgan fingerprint density at radius 3 is 2.69 bits per heavy atom. The molecule has 1 aromatic heterocycles. The molecule has 3 nitrogen and oxygen atoms in total. The second-order valence-corrected chi connectivity index (χ2v) is 3.79. The molecule has 1 aromatic carbocycles. The van der Waals surface area contributed by atoms with E-state index in [1.807, 2.05) is 0 Å². The number of benzene rings is 1. The number of anilines is 2. The fraction of sp³-hybridized carbons (Fsp3) is 0. The van der Waals surface area contributed by atoms with E-state index >= 15 is 0 Å². The van der Waals surface area contributed by atoms with Crippen molar-refractivity contribution in [1.29, 1.82) is 0 Å². The summed E-state index contributed by atoms with van der Waals surface area (Å²) in [5.41, 5.74) is 0.604. The molecule has 0 saturated carbocycles. The maximum absolute atomic E-state index is 13.2. The lowest BCUT2D eigenvalue weighted by Gasteiger charge is -2.06. The van der Waals surface area contributed by atoms with Crippen molar-refractivity contribution in [1.82, 2.24) is 9.97 Å². The van der Waals surface area contributed by atoms with Crippen molar-refractivity contribution in [3.63, 3.8) is 0 Å². The summed E-state index contributed by atoms with van der Waals surface area (Å²) in [7, 11) is 0. The van der Waals surface area contributed by atoms with Gasteiger partial charge in [0, 0.05) is 5.69 Å². The summed E-state index contributed by atoms with van der Waals surface area (Å²) in [4.78, 5) is 7.30. The van der Waals surface area contributed by atoms with Crippen LogP contribution in [-0.2, 0) is 0 Å². The van der Waals surface area contributed by atoms with Gasteiger partial charge in [0.15, 0.2) is 11.6 Å². The number of rotatable bonds is 2. The van der Waals surface area contributed by atoms with Crippen molar-refractivity contribution in [3.05, 3.63) is 46.6 Å². The van der Waals surface area contributed by atoms with Crippen molar-refractivity contribution in [2.75, 3.05) is 5.32 Å². The quantitative estimate of drug-likeness (QED) is 0.893. The van der Waals surface area contributed by atoms with E-state index in [0.717, 1.165) is 6.20 Å². The van der Waals surface area contributed by atoms with Crippen LogP contribution in [0.5, 0.6) is 0 Å². The lowest BCUT2D eigenvalue weighted by Crippen LogP contribution is -1.97. The molecular weight excluding hydrogens is 252 g/mol. The topological polar surface area (TPSA) is 37.8 Å². The Kier molecular flexibility index (Phi) is 3.22. The summed E-state index contributed by atoms with van der Waals surface area (Å²) in [5, 5.41) is 3.60. The van der Waals surface area contributed by atoms with Crippen molar-refractivity contribution >= 4 is 34.7 Å². The van der Waals surface area contributed by atoms with Crippen LogP contribution in [0.4, 0.5) is 15.9 Å². The fourth-order valence-corrected chi connectivity index (χ4v) is 1.41. The van der Waals surface area contributed by atoms with Gasteiger partial charge in [-0.05, 0) is 18.2 Å². The Morgan fingerprint density at radius 1 is 1.19 bits per heavy atom. The van der Waals surface area contributed by atoms with Crippen molar-refractivity contribution in [2.45, 2.75) is 0 Å². The zero-order chi connectivity index (χ0) is 11.5. The summed E-state index contributed by atoms with van der Waals surface area (Å²) in [5.74, 6) is -0.443. The number of hydrogen-bond acceptors (Lipinski definition) is 3. The maximum Gasteiger partial charge on any atom is 0.184 e. The highest BCUT2D eigenvalue weighted by molar-refractivity contribution is 6.42. The monoisotopic (exact) mass is 257 g/mol. The van der Waals surface area contributed by atoms with Crippen LogP contribution in [0.1, 0.15) is 0 Å². The molecule has 16 heavy (non-hydrogen) atoms. The largest absolute Gasteiger partial charge is 0.338 e. The molecule has 0 unspecified atom stereocenters. The Labute approximate surface area is 101 Å². The molecule has 2 rings (SSSR count). The van der Waals surface area contributed by atoms with Gasteiger partial charge in [0.2, 0.25) is 0 Å². The Balaban J connectivity index is 2.28. The van der Waals surface area contributed by atoms with Gasteiger partial charge in [-0.3, -0.25) is 0 Å². The molecule has 0 saturated heterocycles. The average Bonchev–Trinajstić information content (AvgIpc) is 2.27. The molecule has 2 aromatic rings. The number of nitrogens with zero attached hydrogens (tertiary/aromatic N) is 2. The molecule has 1 N–H and O–H groups in total. The minimum absolute atomic E-state index is 0.0911. The first-order valence-corrected chi connectivity index (χ1v) is 5.10. The summed E-state index contributed by atoms with van der Waals surface area (Å²) < 4.78 is 13.2. The third-order valence-corrected chi connectivity index (χ3v) is 2.59. The molecular formula is C10H6Cl2FN3. The van der Waals surface area contributed by atoms with Crippen LogP contribution in [0.2, 0.25) is 10.0 Å². The standard InChI is InChI=1S/C10H6Cl2FN3/c11-7-2-1-6(3-8(7)12)16-10-9(13)4-14-5-15-10/h1-5H,(H,14,15,16). The molecule has 0 aliphatic rings. The van der Waals surface area contributed by atoms with Crippen LogP contribution in [0, 0.1) is 5.82 Å². The van der Waals surface area contributed by atoms with E-state index < -0.39 is 5.82 Å². The average molecular weight is 258 g/mol. The minimum Gasteiger partial charge on any atom is -0.338 e. The van der Waals surface area contributed by atoms with Crippen LogP contribution >= 0.6 is 23.2 Å². The molecule has 0 amide bonds. The smallest absolute Gasteiger partial charge is 0.184 e. The van der Waals surface area contributed by atoms with Gasteiger partial charge in [0.1, 0.15) is 6.33 Å². The minimum atomic E-state index is -0.534. The summed E-state index contributed by atoms with van der Waals surface area (Å²) in [6.07, 6.45) is 2.33. The predicted molar refractivity (Wildman–Crippen MR) is 61.7 cm³/mol. The number of nitrogens with one attached hydrogen (secondary N) is 1.